The maximum Gasteiger partial charge on any atom is 0.407 e. The predicted molar refractivity (Wildman–Crippen MR) is 76.0 cm³/mol. The van der Waals surface area contributed by atoms with Gasteiger partial charge in [-0.15, -0.1) is 12.4 Å². The van der Waals surface area contributed by atoms with Crippen LogP contribution in [0.5, 0.6) is 5.75 Å². The van der Waals surface area contributed by atoms with Crippen LogP contribution in [0.15, 0.2) is 18.2 Å². The van der Waals surface area contributed by atoms with Crippen LogP contribution in [0.2, 0.25) is 0 Å². The van der Waals surface area contributed by atoms with Crippen molar-refractivity contribution in [1.82, 2.24) is 5.32 Å². The number of halogens is 1. The summed E-state index contributed by atoms with van der Waals surface area (Å²) in [7, 11) is 1.65. The first kappa shape index (κ1) is 15.6. The van der Waals surface area contributed by atoms with Gasteiger partial charge in [-0.25, -0.2) is 4.79 Å². The van der Waals surface area contributed by atoms with Crippen LogP contribution >= 0.6 is 12.4 Å². The molecule has 1 fully saturated rings. The van der Waals surface area contributed by atoms with Crippen molar-refractivity contribution in [2.45, 2.75) is 26.8 Å². The Kier molecular flexibility index (Phi) is 4.69. The standard InChI is InChI=1S/C14H19NO3.ClH/c1-9-7-10(17-4)5-6-11(9)12-14(2,3)8-18-13(16)15-12;/h5-7,12H,8H2,1-4H3,(H,15,16);1H/t12-;/m0./s1. The number of alkyl carbamates (subject to hydrolysis) is 1. The Bertz CT molecular complexity index is 474. The first-order chi connectivity index (χ1) is 8.44. The Balaban J connectivity index is 0.00000180. The molecule has 106 valence electrons. The van der Waals surface area contributed by atoms with Crippen molar-refractivity contribution in [3.05, 3.63) is 29.3 Å². The quantitative estimate of drug-likeness (QED) is 0.907. The van der Waals surface area contributed by atoms with Crippen molar-refractivity contribution in [3.8, 4) is 5.75 Å². The van der Waals surface area contributed by atoms with E-state index in [0.29, 0.717) is 6.61 Å². The number of amides is 1. The van der Waals surface area contributed by atoms with E-state index in [9.17, 15) is 4.79 Å². The van der Waals surface area contributed by atoms with Crippen molar-refractivity contribution in [2.75, 3.05) is 13.7 Å². The number of hydrogen-bond donors (Lipinski definition) is 1. The van der Waals surface area contributed by atoms with Crippen molar-refractivity contribution in [3.63, 3.8) is 0 Å². The molecule has 4 nitrogen and oxygen atoms in total. The lowest BCUT2D eigenvalue weighted by molar-refractivity contribution is 0.0385. The van der Waals surface area contributed by atoms with Gasteiger partial charge in [0.2, 0.25) is 0 Å². The molecule has 0 bridgehead atoms. The Hall–Kier alpha value is -1.42. The van der Waals surface area contributed by atoms with Gasteiger partial charge >= 0.3 is 6.09 Å². The summed E-state index contributed by atoms with van der Waals surface area (Å²) in [6, 6.07) is 5.86. The predicted octanol–water partition coefficient (Wildman–Crippen LogP) is 3.23. The fraction of sp³-hybridized carbons (Fsp3) is 0.500. The van der Waals surface area contributed by atoms with Crippen LogP contribution in [0.25, 0.3) is 0 Å². The molecule has 1 heterocycles. The lowest BCUT2D eigenvalue weighted by Gasteiger charge is -2.39. The zero-order chi connectivity index (χ0) is 13.3. The number of cyclic esters (lactones) is 1. The molecule has 1 N–H and O–H groups in total. The highest BCUT2D eigenvalue weighted by atomic mass is 35.5. The van der Waals surface area contributed by atoms with E-state index in [-0.39, 0.29) is 30.0 Å². The Morgan fingerprint density at radius 1 is 1.42 bits per heavy atom. The highest BCUT2D eigenvalue weighted by molar-refractivity contribution is 5.85. The molecule has 1 amide bonds. The zero-order valence-electron chi connectivity index (χ0n) is 11.6. The fourth-order valence-corrected chi connectivity index (χ4v) is 2.29. The van der Waals surface area contributed by atoms with E-state index in [2.05, 4.69) is 19.2 Å². The van der Waals surface area contributed by atoms with Crippen LogP contribution in [0, 0.1) is 12.3 Å². The second-order valence-corrected chi connectivity index (χ2v) is 5.36. The molecule has 2 rings (SSSR count). The third-order valence-corrected chi connectivity index (χ3v) is 3.41. The normalized spacial score (nSPS) is 20.8. The average Bonchev–Trinajstić information content (AvgIpc) is 2.32. The van der Waals surface area contributed by atoms with Crippen LogP contribution in [-0.2, 0) is 4.74 Å². The Labute approximate surface area is 119 Å². The van der Waals surface area contributed by atoms with Crippen molar-refractivity contribution < 1.29 is 14.3 Å². The largest absolute Gasteiger partial charge is 0.497 e. The third kappa shape index (κ3) is 3.13. The summed E-state index contributed by atoms with van der Waals surface area (Å²) < 4.78 is 10.3. The van der Waals surface area contributed by atoms with Crippen LogP contribution < -0.4 is 10.1 Å². The lowest BCUT2D eigenvalue weighted by atomic mass is 9.79. The van der Waals surface area contributed by atoms with E-state index in [1.54, 1.807) is 7.11 Å². The molecule has 1 aliphatic rings. The highest BCUT2D eigenvalue weighted by Crippen LogP contribution is 2.38. The molecule has 0 saturated carbocycles. The van der Waals surface area contributed by atoms with Gasteiger partial charge in [-0.2, -0.15) is 0 Å². The molecule has 0 radical (unpaired) electrons. The van der Waals surface area contributed by atoms with Crippen molar-refractivity contribution in [2.24, 2.45) is 5.41 Å². The smallest absolute Gasteiger partial charge is 0.407 e. The summed E-state index contributed by atoms with van der Waals surface area (Å²) in [4.78, 5) is 11.4. The molecular formula is C14H20ClNO3. The summed E-state index contributed by atoms with van der Waals surface area (Å²) in [6.45, 7) is 6.62. The molecular weight excluding hydrogens is 266 g/mol. The second kappa shape index (κ2) is 5.70. The maximum absolute atomic E-state index is 11.4. The van der Waals surface area contributed by atoms with Gasteiger partial charge < -0.3 is 14.8 Å². The van der Waals surface area contributed by atoms with Gasteiger partial charge in [-0.05, 0) is 30.2 Å². The first-order valence-electron chi connectivity index (χ1n) is 6.02. The van der Waals surface area contributed by atoms with Gasteiger partial charge in [-0.3, -0.25) is 0 Å². The van der Waals surface area contributed by atoms with E-state index in [4.69, 9.17) is 9.47 Å². The number of hydrogen-bond acceptors (Lipinski definition) is 3. The molecule has 1 saturated heterocycles. The molecule has 1 aromatic carbocycles. The summed E-state index contributed by atoms with van der Waals surface area (Å²) in [5.74, 6) is 0.826. The molecule has 0 aromatic heterocycles. The molecule has 19 heavy (non-hydrogen) atoms. The number of rotatable bonds is 2. The van der Waals surface area contributed by atoms with E-state index >= 15 is 0 Å². The van der Waals surface area contributed by atoms with Crippen molar-refractivity contribution in [1.29, 1.82) is 0 Å². The molecule has 0 spiro atoms. The lowest BCUT2D eigenvalue weighted by Crippen LogP contribution is -2.47. The Morgan fingerprint density at radius 2 is 2.11 bits per heavy atom. The van der Waals surface area contributed by atoms with E-state index in [1.165, 1.54) is 0 Å². The minimum absolute atomic E-state index is 0. The van der Waals surface area contributed by atoms with Crippen LogP contribution in [-0.4, -0.2) is 19.8 Å². The zero-order valence-corrected chi connectivity index (χ0v) is 12.5. The van der Waals surface area contributed by atoms with Gasteiger partial charge in [-0.1, -0.05) is 19.9 Å². The molecule has 0 unspecified atom stereocenters. The van der Waals surface area contributed by atoms with Crippen LogP contribution in [0.3, 0.4) is 0 Å². The number of aryl methyl sites for hydroxylation is 1. The maximum atomic E-state index is 11.4. The van der Waals surface area contributed by atoms with Gasteiger partial charge in [0.05, 0.1) is 13.2 Å². The number of methoxy groups -OCH3 is 1. The number of ether oxygens (including phenoxy) is 2. The third-order valence-electron chi connectivity index (χ3n) is 3.41. The highest BCUT2D eigenvalue weighted by Gasteiger charge is 2.38. The fourth-order valence-electron chi connectivity index (χ4n) is 2.29. The minimum Gasteiger partial charge on any atom is -0.497 e. The van der Waals surface area contributed by atoms with E-state index < -0.39 is 0 Å². The number of nitrogens with one attached hydrogen (secondary N) is 1. The monoisotopic (exact) mass is 285 g/mol. The number of carbonyl (C=O) groups excluding carboxylic acids is 1. The average molecular weight is 286 g/mol. The summed E-state index contributed by atoms with van der Waals surface area (Å²) in [6.07, 6.45) is -0.352. The minimum atomic E-state index is -0.352. The van der Waals surface area contributed by atoms with Crippen LogP contribution in [0.1, 0.15) is 31.0 Å². The molecule has 1 atom stereocenters. The van der Waals surface area contributed by atoms with Gasteiger partial charge in [0.15, 0.2) is 0 Å². The summed E-state index contributed by atoms with van der Waals surface area (Å²) >= 11 is 0. The molecule has 5 heteroatoms. The van der Waals surface area contributed by atoms with Crippen molar-refractivity contribution >= 4 is 18.5 Å². The summed E-state index contributed by atoms with van der Waals surface area (Å²) in [5.41, 5.74) is 2.08. The van der Waals surface area contributed by atoms with Gasteiger partial charge in [0, 0.05) is 5.41 Å². The SMILES string of the molecule is COc1ccc([C@@H]2NC(=O)OCC2(C)C)c(C)c1.Cl. The van der Waals surface area contributed by atoms with Gasteiger partial charge in [0.25, 0.3) is 0 Å². The number of benzene rings is 1. The van der Waals surface area contributed by atoms with Gasteiger partial charge in [0.1, 0.15) is 12.4 Å². The molecule has 1 aliphatic heterocycles. The van der Waals surface area contributed by atoms with E-state index in [1.807, 2.05) is 25.1 Å². The molecule has 0 aliphatic carbocycles. The summed E-state index contributed by atoms with van der Waals surface area (Å²) in [5, 5.41) is 2.90. The number of carbonyl (C=O) groups is 1. The molecule has 1 aromatic rings. The second-order valence-electron chi connectivity index (χ2n) is 5.36. The Morgan fingerprint density at radius 3 is 2.68 bits per heavy atom. The first-order valence-corrected chi connectivity index (χ1v) is 6.02. The topological polar surface area (TPSA) is 47.6 Å². The van der Waals surface area contributed by atoms with Crippen LogP contribution in [0.4, 0.5) is 4.79 Å². The van der Waals surface area contributed by atoms with E-state index in [0.717, 1.165) is 16.9 Å².